The van der Waals surface area contributed by atoms with Gasteiger partial charge in [0.05, 0.1) is 50.9 Å². The zero-order valence-corrected chi connectivity index (χ0v) is 50.4. The number of nitrogens with zero attached hydrogens (tertiary/aromatic N) is 4. The standard InChI is InChI=1S/C85H66N4/c1-5-8-11-27-58(4)86-76-34-18-20-36-78(76)88(79-37-21-19-35-77(79)86)66-46-50-69-68-48-44-59(52-72(68)84(73(69)54-66)56-61-28-16-17-29-62(61)57-84)42-43-60-45-49-70-71-51-47-67(55-75(71)85(74(70)53-60,63(7-3)26-6-2)64-30-12-9-13-31-64)89-82-40-24-22-38-80(82)87(65-32-14-10-15-33-65)81-39-23-25-41-83(81)89/h5-55H,4,56-57H2,1-3H3. The van der Waals surface area contributed by atoms with E-state index in [1.165, 1.54) is 72.3 Å². The van der Waals surface area contributed by atoms with Gasteiger partial charge in [-0.15, -0.1) is 0 Å². The fraction of sp³-hybridized carbons (Fsp3) is 0.0824. The molecule has 1 unspecified atom stereocenters. The third-order valence-electron chi connectivity index (χ3n) is 19.2. The van der Waals surface area contributed by atoms with Gasteiger partial charge in [-0.25, -0.2) is 0 Å². The van der Waals surface area contributed by atoms with Crippen molar-refractivity contribution in [3.05, 3.63) is 365 Å². The molecular weight excluding hydrogens is 1080 g/mol. The van der Waals surface area contributed by atoms with Crippen LogP contribution in [-0.4, -0.2) is 0 Å². The van der Waals surface area contributed by atoms with Crippen molar-refractivity contribution in [2.45, 2.75) is 44.4 Å². The van der Waals surface area contributed by atoms with Crippen molar-refractivity contribution < 1.29 is 0 Å². The summed E-state index contributed by atoms with van der Waals surface area (Å²) >= 11 is 0. The first-order valence-electron chi connectivity index (χ1n) is 31.2. The van der Waals surface area contributed by atoms with E-state index in [-0.39, 0.29) is 5.41 Å². The number of hydrogen-bond donors (Lipinski definition) is 0. The lowest BCUT2D eigenvalue weighted by molar-refractivity contribution is 0.563. The zero-order valence-electron chi connectivity index (χ0n) is 50.4. The van der Waals surface area contributed by atoms with E-state index >= 15 is 0 Å². The van der Waals surface area contributed by atoms with Crippen LogP contribution < -0.4 is 19.6 Å². The maximum atomic E-state index is 4.59. The molecule has 4 heteroatoms. The summed E-state index contributed by atoms with van der Waals surface area (Å²) in [6.07, 6.45) is 21.7. The van der Waals surface area contributed by atoms with Gasteiger partial charge >= 0.3 is 0 Å². The highest BCUT2D eigenvalue weighted by Crippen LogP contribution is 2.62. The van der Waals surface area contributed by atoms with E-state index in [0.29, 0.717) is 0 Å². The molecule has 2 heterocycles. The molecule has 426 valence electrons. The minimum absolute atomic E-state index is 0.246. The molecule has 0 fully saturated rings. The minimum atomic E-state index is -0.629. The molecule has 0 N–H and O–H groups in total. The molecule has 16 rings (SSSR count). The molecule has 3 aliphatic carbocycles. The van der Waals surface area contributed by atoms with Gasteiger partial charge in [-0.3, -0.25) is 0 Å². The molecule has 11 aromatic rings. The summed E-state index contributed by atoms with van der Waals surface area (Å²) in [5.41, 5.74) is 30.5. The molecule has 0 saturated carbocycles. The van der Waals surface area contributed by atoms with Gasteiger partial charge in [0, 0.05) is 28.2 Å². The van der Waals surface area contributed by atoms with E-state index in [1.54, 1.807) is 0 Å². The normalized spacial score (nSPS) is 16.4. The smallest absolute Gasteiger partial charge is 0.0711 e. The fourth-order valence-corrected chi connectivity index (χ4v) is 15.6. The van der Waals surface area contributed by atoms with Crippen LogP contribution in [-0.2, 0) is 23.7 Å². The van der Waals surface area contributed by atoms with Gasteiger partial charge < -0.3 is 19.6 Å². The van der Waals surface area contributed by atoms with Crippen LogP contribution >= 0.6 is 0 Å². The number of para-hydroxylation sites is 9. The summed E-state index contributed by atoms with van der Waals surface area (Å²) in [5.74, 6) is 0. The predicted molar refractivity (Wildman–Crippen MR) is 375 cm³/mol. The highest BCUT2D eigenvalue weighted by atomic mass is 15.3. The number of hydrogen-bond acceptors (Lipinski definition) is 4. The number of rotatable bonds is 11. The van der Waals surface area contributed by atoms with Crippen LogP contribution in [0.3, 0.4) is 0 Å². The molecule has 2 aliphatic heterocycles. The van der Waals surface area contributed by atoms with Crippen LogP contribution in [0.4, 0.5) is 62.6 Å². The summed E-state index contributed by atoms with van der Waals surface area (Å²) in [4.78, 5) is 9.62. The van der Waals surface area contributed by atoms with Gasteiger partial charge in [0.2, 0.25) is 0 Å². The Morgan fingerprint density at radius 1 is 0.371 bits per heavy atom. The average Bonchev–Trinajstić information content (AvgIpc) is 1.59. The van der Waals surface area contributed by atoms with Crippen LogP contribution in [0.2, 0.25) is 0 Å². The first-order valence-corrected chi connectivity index (χ1v) is 31.2. The molecular formula is C85H66N4. The van der Waals surface area contributed by atoms with Crippen LogP contribution in [0.15, 0.2) is 315 Å². The molecule has 11 aromatic carbocycles. The first-order chi connectivity index (χ1) is 43.9. The molecule has 0 aromatic heterocycles. The third kappa shape index (κ3) is 8.27. The molecule has 4 nitrogen and oxygen atoms in total. The Balaban J connectivity index is 0.797. The van der Waals surface area contributed by atoms with E-state index in [1.807, 2.05) is 13.0 Å². The zero-order chi connectivity index (χ0) is 59.8. The lowest BCUT2D eigenvalue weighted by Crippen LogP contribution is -2.29. The monoisotopic (exact) mass is 1140 g/mol. The number of anilines is 11. The van der Waals surface area contributed by atoms with Crippen molar-refractivity contribution in [1.82, 2.24) is 0 Å². The summed E-state index contributed by atoms with van der Waals surface area (Å²) in [5, 5.41) is 0. The Bertz CT molecular complexity index is 4710. The Morgan fingerprint density at radius 2 is 0.775 bits per heavy atom. The van der Waals surface area contributed by atoms with Crippen molar-refractivity contribution in [3.63, 3.8) is 0 Å². The van der Waals surface area contributed by atoms with Crippen LogP contribution in [0, 0.1) is 0 Å². The molecule has 0 radical (unpaired) electrons. The molecule has 1 atom stereocenters. The van der Waals surface area contributed by atoms with Gasteiger partial charge in [0.15, 0.2) is 0 Å². The second kappa shape index (κ2) is 21.5. The summed E-state index contributed by atoms with van der Waals surface area (Å²) in [6.45, 7) is 11.0. The number of fused-ring (bicyclic) bond motifs is 13. The highest BCUT2D eigenvalue weighted by Gasteiger charge is 2.49. The van der Waals surface area contributed by atoms with Crippen molar-refractivity contribution in [2.75, 3.05) is 19.6 Å². The summed E-state index contributed by atoms with van der Waals surface area (Å²) in [7, 11) is 0. The van der Waals surface area contributed by atoms with Gasteiger partial charge in [-0.1, -0.05) is 219 Å². The Kier molecular flexibility index (Phi) is 12.9. The minimum Gasteiger partial charge on any atom is -0.307 e. The van der Waals surface area contributed by atoms with E-state index in [9.17, 15) is 0 Å². The topological polar surface area (TPSA) is 13.0 Å². The summed E-state index contributed by atoms with van der Waals surface area (Å²) < 4.78 is 0. The Morgan fingerprint density at radius 3 is 1.28 bits per heavy atom. The SMILES string of the molecule is C=C(C=CC=CC)N1c2ccccc2N(c2ccc3c(c2)C2(Cc4ccccc4C2)c2cc(C=Cc4ccc5c(c4)C(C(C=CC)=CC)(c4ccccc4)c4cc(N6c7ccccc7N(c7ccccc7)c7ccccc76)ccc4-5)ccc2-3)c2ccccc21. The second-order valence-corrected chi connectivity index (χ2v) is 24.0. The summed E-state index contributed by atoms with van der Waals surface area (Å²) in [6, 6.07) is 95.0. The van der Waals surface area contributed by atoms with Gasteiger partial charge in [-0.05, 0) is 209 Å². The molecule has 0 saturated heterocycles. The van der Waals surface area contributed by atoms with Crippen molar-refractivity contribution >= 4 is 74.7 Å². The van der Waals surface area contributed by atoms with Gasteiger partial charge in [0.25, 0.3) is 0 Å². The Hall–Kier alpha value is -10.9. The lowest BCUT2D eigenvalue weighted by atomic mass is 9.66. The average molecular weight is 1140 g/mol. The molecule has 89 heavy (non-hydrogen) atoms. The van der Waals surface area contributed by atoms with Crippen LogP contribution in [0.1, 0.15) is 70.8 Å². The first kappa shape index (κ1) is 53.5. The van der Waals surface area contributed by atoms with Crippen molar-refractivity contribution in [2.24, 2.45) is 0 Å². The lowest BCUT2D eigenvalue weighted by Gasteiger charge is -2.41. The number of allylic oxidation sites excluding steroid dienone is 8. The third-order valence-corrected chi connectivity index (χ3v) is 19.2. The quantitative estimate of drug-likeness (QED) is 0.0945. The molecule has 5 aliphatic rings. The largest absolute Gasteiger partial charge is 0.307 e. The maximum absolute atomic E-state index is 4.59. The maximum Gasteiger partial charge on any atom is 0.0711 e. The Labute approximate surface area is 523 Å². The van der Waals surface area contributed by atoms with E-state index in [0.717, 1.165) is 86.7 Å². The molecule has 0 amide bonds. The van der Waals surface area contributed by atoms with Crippen molar-refractivity contribution in [1.29, 1.82) is 0 Å². The van der Waals surface area contributed by atoms with E-state index in [2.05, 4.69) is 343 Å². The molecule has 0 bridgehead atoms. The fourth-order valence-electron chi connectivity index (χ4n) is 15.6. The predicted octanol–water partition coefficient (Wildman–Crippen LogP) is 22.6. The highest BCUT2D eigenvalue weighted by molar-refractivity contribution is 6.03. The second-order valence-electron chi connectivity index (χ2n) is 24.0. The van der Waals surface area contributed by atoms with Crippen LogP contribution in [0.25, 0.3) is 34.4 Å². The molecule has 1 spiro atoms. The van der Waals surface area contributed by atoms with Gasteiger partial charge in [0.1, 0.15) is 0 Å². The van der Waals surface area contributed by atoms with E-state index < -0.39 is 5.41 Å². The van der Waals surface area contributed by atoms with Gasteiger partial charge in [-0.2, -0.15) is 0 Å². The number of benzene rings is 11. The van der Waals surface area contributed by atoms with Crippen LogP contribution in [0.5, 0.6) is 0 Å². The van der Waals surface area contributed by atoms with Crippen molar-refractivity contribution in [3.8, 4) is 22.3 Å². The van der Waals surface area contributed by atoms with E-state index in [4.69, 9.17) is 0 Å².